The molecule has 0 aliphatic rings. The Balaban J connectivity index is 2.09. The Morgan fingerprint density at radius 2 is 1.96 bits per heavy atom. The summed E-state index contributed by atoms with van der Waals surface area (Å²) in [4.78, 5) is 27.8. The van der Waals surface area contributed by atoms with Gasteiger partial charge in [0.05, 0.1) is 5.56 Å². The standard InChI is InChI=1S/C18H17F2N3O2/c1-10(7-21)9-23-6-5-11-12(8-22-16(11)18(23)25)17(24)15-13(19)3-2-4-14(15)20/h2-6,8,10,22H,7,9,21H2,1H3. The average molecular weight is 345 g/mol. The van der Waals surface area contributed by atoms with Crippen LogP contribution in [0, 0.1) is 17.6 Å². The van der Waals surface area contributed by atoms with E-state index < -0.39 is 23.0 Å². The molecule has 0 saturated carbocycles. The number of aromatic amines is 1. The third-order valence-corrected chi connectivity index (χ3v) is 4.16. The summed E-state index contributed by atoms with van der Waals surface area (Å²) < 4.78 is 29.2. The lowest BCUT2D eigenvalue weighted by atomic mass is 10.0. The summed E-state index contributed by atoms with van der Waals surface area (Å²) >= 11 is 0. The van der Waals surface area contributed by atoms with Crippen LogP contribution in [-0.2, 0) is 6.54 Å². The second-order valence-electron chi connectivity index (χ2n) is 6.03. The molecule has 3 aromatic rings. The smallest absolute Gasteiger partial charge is 0.274 e. The van der Waals surface area contributed by atoms with Gasteiger partial charge in [0.15, 0.2) is 0 Å². The van der Waals surface area contributed by atoms with Crippen molar-refractivity contribution in [3.05, 3.63) is 69.8 Å². The molecule has 0 amide bonds. The van der Waals surface area contributed by atoms with E-state index in [1.54, 1.807) is 12.3 Å². The van der Waals surface area contributed by atoms with Crippen LogP contribution in [0.1, 0.15) is 22.8 Å². The second kappa shape index (κ2) is 6.60. The molecule has 0 radical (unpaired) electrons. The van der Waals surface area contributed by atoms with Crippen molar-refractivity contribution in [2.24, 2.45) is 11.7 Å². The molecule has 1 aromatic carbocycles. The Morgan fingerprint density at radius 3 is 2.60 bits per heavy atom. The highest BCUT2D eigenvalue weighted by Crippen LogP contribution is 2.22. The summed E-state index contributed by atoms with van der Waals surface area (Å²) in [6.07, 6.45) is 2.86. The van der Waals surface area contributed by atoms with Gasteiger partial charge >= 0.3 is 0 Å². The predicted octanol–water partition coefficient (Wildman–Crippen LogP) is 2.43. The molecule has 0 aliphatic heterocycles. The van der Waals surface area contributed by atoms with Crippen molar-refractivity contribution in [1.29, 1.82) is 0 Å². The maximum Gasteiger partial charge on any atom is 0.274 e. The molecule has 2 heterocycles. The van der Waals surface area contributed by atoms with E-state index in [1.807, 2.05) is 6.92 Å². The van der Waals surface area contributed by atoms with Crippen LogP contribution in [0.25, 0.3) is 10.9 Å². The van der Waals surface area contributed by atoms with Gasteiger partial charge in [-0.25, -0.2) is 8.78 Å². The first kappa shape index (κ1) is 17.0. The fourth-order valence-electron chi connectivity index (χ4n) is 2.75. The van der Waals surface area contributed by atoms with E-state index in [0.717, 1.165) is 12.1 Å². The number of ketones is 1. The van der Waals surface area contributed by atoms with E-state index in [4.69, 9.17) is 5.73 Å². The van der Waals surface area contributed by atoms with Crippen LogP contribution in [0.4, 0.5) is 8.78 Å². The van der Waals surface area contributed by atoms with Crippen molar-refractivity contribution >= 4 is 16.7 Å². The molecule has 25 heavy (non-hydrogen) atoms. The quantitative estimate of drug-likeness (QED) is 0.697. The molecule has 0 aliphatic carbocycles. The molecule has 1 atom stereocenters. The normalized spacial score (nSPS) is 12.5. The third-order valence-electron chi connectivity index (χ3n) is 4.16. The third kappa shape index (κ3) is 2.98. The molecule has 5 nitrogen and oxygen atoms in total. The number of rotatable bonds is 5. The van der Waals surface area contributed by atoms with Gasteiger partial charge in [-0.2, -0.15) is 0 Å². The molecule has 1 unspecified atom stereocenters. The molecule has 3 N–H and O–H groups in total. The average Bonchev–Trinajstić information content (AvgIpc) is 3.01. The van der Waals surface area contributed by atoms with Crippen molar-refractivity contribution in [1.82, 2.24) is 9.55 Å². The first-order chi connectivity index (χ1) is 11.9. The van der Waals surface area contributed by atoms with Crippen LogP contribution < -0.4 is 11.3 Å². The second-order valence-corrected chi connectivity index (χ2v) is 6.03. The summed E-state index contributed by atoms with van der Waals surface area (Å²) in [5.74, 6) is -2.58. The van der Waals surface area contributed by atoms with Crippen molar-refractivity contribution in [2.75, 3.05) is 6.54 Å². The largest absolute Gasteiger partial charge is 0.356 e. The van der Waals surface area contributed by atoms with Crippen LogP contribution in [0.3, 0.4) is 0 Å². The zero-order valence-corrected chi connectivity index (χ0v) is 13.6. The zero-order chi connectivity index (χ0) is 18.1. The fraction of sp³-hybridized carbons (Fsp3) is 0.222. The first-order valence-electron chi connectivity index (χ1n) is 7.83. The maximum atomic E-state index is 13.9. The van der Waals surface area contributed by atoms with Crippen LogP contribution >= 0.6 is 0 Å². The number of carbonyl (C=O) groups excluding carboxylic acids is 1. The van der Waals surface area contributed by atoms with Gasteiger partial charge < -0.3 is 15.3 Å². The summed E-state index contributed by atoms with van der Waals surface area (Å²) in [5, 5.41) is 0.328. The number of nitrogens with two attached hydrogens (primary N) is 1. The molecule has 3 rings (SSSR count). The lowest BCUT2D eigenvalue weighted by Gasteiger charge is -2.11. The van der Waals surface area contributed by atoms with E-state index in [9.17, 15) is 18.4 Å². The number of H-pyrrole nitrogens is 1. The monoisotopic (exact) mass is 345 g/mol. The van der Waals surface area contributed by atoms with E-state index >= 15 is 0 Å². The lowest BCUT2D eigenvalue weighted by Crippen LogP contribution is -2.26. The number of nitrogens with one attached hydrogen (secondary N) is 1. The topological polar surface area (TPSA) is 80.9 Å². The molecule has 0 bridgehead atoms. The lowest BCUT2D eigenvalue weighted by molar-refractivity contribution is 0.103. The SMILES string of the molecule is CC(CN)Cn1ccc2c(C(=O)c3c(F)cccc3F)c[nH]c2c1=O. The summed E-state index contributed by atoms with van der Waals surface area (Å²) in [6, 6.07) is 4.81. The molecule has 0 fully saturated rings. The highest BCUT2D eigenvalue weighted by molar-refractivity contribution is 6.16. The number of hydrogen-bond donors (Lipinski definition) is 2. The van der Waals surface area contributed by atoms with Crippen LogP contribution in [0.5, 0.6) is 0 Å². The van der Waals surface area contributed by atoms with E-state index in [0.29, 0.717) is 18.5 Å². The number of carbonyl (C=O) groups is 1. The Labute approximate surface area is 142 Å². The van der Waals surface area contributed by atoms with Crippen LogP contribution in [0.2, 0.25) is 0 Å². The van der Waals surface area contributed by atoms with E-state index in [-0.39, 0.29) is 22.6 Å². The Kier molecular flexibility index (Phi) is 4.50. The van der Waals surface area contributed by atoms with E-state index in [2.05, 4.69) is 4.98 Å². The van der Waals surface area contributed by atoms with Crippen molar-refractivity contribution in [2.45, 2.75) is 13.5 Å². The zero-order valence-electron chi connectivity index (χ0n) is 13.6. The van der Waals surface area contributed by atoms with Gasteiger partial charge in [-0.05, 0) is 30.7 Å². The molecule has 0 saturated heterocycles. The van der Waals surface area contributed by atoms with Crippen LogP contribution in [-0.4, -0.2) is 21.9 Å². The molecule has 130 valence electrons. The van der Waals surface area contributed by atoms with Crippen LogP contribution in [0.15, 0.2) is 41.5 Å². The Hall–Kier alpha value is -2.80. The van der Waals surface area contributed by atoms with Crippen molar-refractivity contribution in [3.8, 4) is 0 Å². The fourth-order valence-corrected chi connectivity index (χ4v) is 2.75. The molecule has 7 heteroatoms. The highest BCUT2D eigenvalue weighted by Gasteiger charge is 2.22. The number of pyridine rings is 1. The van der Waals surface area contributed by atoms with Gasteiger partial charge in [-0.1, -0.05) is 13.0 Å². The Morgan fingerprint density at radius 1 is 1.28 bits per heavy atom. The number of nitrogens with zero attached hydrogens (tertiary/aromatic N) is 1. The summed E-state index contributed by atoms with van der Waals surface area (Å²) in [7, 11) is 0. The van der Waals surface area contributed by atoms with Crippen molar-refractivity contribution < 1.29 is 13.6 Å². The minimum absolute atomic E-state index is 0.0510. The number of aromatic nitrogens is 2. The van der Waals surface area contributed by atoms with Gasteiger partial charge in [0.25, 0.3) is 5.56 Å². The van der Waals surface area contributed by atoms with E-state index in [1.165, 1.54) is 16.8 Å². The number of halogens is 2. The number of fused-ring (bicyclic) bond motifs is 1. The van der Waals surface area contributed by atoms with Gasteiger partial charge in [-0.15, -0.1) is 0 Å². The first-order valence-corrected chi connectivity index (χ1v) is 7.83. The molecule has 0 spiro atoms. The summed E-state index contributed by atoms with van der Waals surface area (Å²) in [5.41, 5.74) is 4.90. The summed E-state index contributed by atoms with van der Waals surface area (Å²) in [6.45, 7) is 2.79. The minimum Gasteiger partial charge on any atom is -0.356 e. The van der Waals surface area contributed by atoms with Gasteiger partial charge in [0.2, 0.25) is 5.78 Å². The number of hydrogen-bond acceptors (Lipinski definition) is 3. The number of benzene rings is 1. The maximum absolute atomic E-state index is 13.9. The molecule has 2 aromatic heterocycles. The molecular formula is C18H17F2N3O2. The minimum atomic E-state index is -0.940. The van der Waals surface area contributed by atoms with Crippen molar-refractivity contribution in [3.63, 3.8) is 0 Å². The van der Waals surface area contributed by atoms with Gasteiger partial charge in [0.1, 0.15) is 17.2 Å². The van der Waals surface area contributed by atoms with Gasteiger partial charge in [0, 0.05) is 29.9 Å². The predicted molar refractivity (Wildman–Crippen MR) is 90.6 cm³/mol. The molecular weight excluding hydrogens is 328 g/mol. The Bertz CT molecular complexity index is 987. The van der Waals surface area contributed by atoms with Gasteiger partial charge in [-0.3, -0.25) is 9.59 Å². The highest BCUT2D eigenvalue weighted by atomic mass is 19.1.